The Balaban J connectivity index is 5.17. The molecular weight excluding hydrogens is 1270 g/mol. The van der Waals surface area contributed by atoms with Crippen molar-refractivity contribution in [2.75, 3.05) is 39.6 Å². The quantitative estimate of drug-likeness (QED) is 0.0222. The standard InChI is InChI=1S/C78H152O17P2/c1-9-71(8)57-49-41-36-37-45-53-61-78(83)95-74(65-88-75(80)58-50-42-33-27-23-19-16-12-14-18-22-26-31-39-47-55-69(4)5)67-93-97(86,87)91-63-72(79)62-90-96(84,85)92-66-73(64-89-76(81)59-51-43-35-29-32-40-48-56-70(6)7)94-77(82)60-52-44-34-28-24-20-15-11-10-13-17-21-25-30-38-46-54-68(2)3/h68-74,79H,9-67H2,1-8H3,(H,84,85)(H,86,87)/t71?,72?,73-,74-/m1/s1. The smallest absolute Gasteiger partial charge is 0.462 e. The fourth-order valence-electron chi connectivity index (χ4n) is 11.9. The van der Waals surface area contributed by atoms with Gasteiger partial charge in [0.2, 0.25) is 0 Å². The van der Waals surface area contributed by atoms with Crippen molar-refractivity contribution in [3.8, 4) is 0 Å². The largest absolute Gasteiger partial charge is 0.472 e. The predicted octanol–water partition coefficient (Wildman–Crippen LogP) is 22.8. The molecule has 4 unspecified atom stereocenters. The highest BCUT2D eigenvalue weighted by Crippen LogP contribution is 2.45. The number of phosphoric ester groups is 2. The molecule has 0 spiro atoms. The van der Waals surface area contributed by atoms with Crippen LogP contribution in [0.3, 0.4) is 0 Å². The Labute approximate surface area is 594 Å². The number of hydrogen-bond acceptors (Lipinski definition) is 15. The van der Waals surface area contributed by atoms with Gasteiger partial charge in [0, 0.05) is 25.7 Å². The molecule has 0 aromatic heterocycles. The summed E-state index contributed by atoms with van der Waals surface area (Å²) >= 11 is 0. The highest BCUT2D eigenvalue weighted by Gasteiger charge is 2.30. The van der Waals surface area contributed by atoms with E-state index in [0.717, 1.165) is 114 Å². The molecule has 576 valence electrons. The van der Waals surface area contributed by atoms with Gasteiger partial charge in [0.15, 0.2) is 12.2 Å². The van der Waals surface area contributed by atoms with E-state index in [1.165, 1.54) is 193 Å². The summed E-state index contributed by atoms with van der Waals surface area (Å²) in [5.41, 5.74) is 0. The van der Waals surface area contributed by atoms with Crippen LogP contribution in [-0.2, 0) is 65.4 Å². The third-order valence-corrected chi connectivity index (χ3v) is 20.3. The first-order valence-electron chi connectivity index (χ1n) is 40.2. The Hall–Kier alpha value is -1.94. The van der Waals surface area contributed by atoms with E-state index >= 15 is 0 Å². The van der Waals surface area contributed by atoms with Gasteiger partial charge >= 0.3 is 39.5 Å². The lowest BCUT2D eigenvalue weighted by Gasteiger charge is -2.21. The molecule has 17 nitrogen and oxygen atoms in total. The molecule has 19 heteroatoms. The first-order chi connectivity index (χ1) is 46.6. The van der Waals surface area contributed by atoms with Crippen LogP contribution in [-0.4, -0.2) is 96.7 Å². The van der Waals surface area contributed by atoms with Gasteiger partial charge in [-0.25, -0.2) is 9.13 Å². The summed E-state index contributed by atoms with van der Waals surface area (Å²) in [6, 6.07) is 0. The van der Waals surface area contributed by atoms with Crippen molar-refractivity contribution in [1.82, 2.24) is 0 Å². The zero-order valence-electron chi connectivity index (χ0n) is 63.7. The molecule has 0 saturated carbocycles. The molecule has 0 amide bonds. The molecule has 0 heterocycles. The molecule has 0 rings (SSSR count). The SMILES string of the molecule is CCC(C)CCCCCCCCC(=O)O[C@H](COC(=O)CCCCCCCCCCCCCCCCCC(C)C)COP(=O)(O)OCC(O)COP(=O)(O)OC[C@@H](COC(=O)CCCCCCCCCC(C)C)OC(=O)CCCCCCCCCCCCCCCCCCC(C)C. The zero-order chi connectivity index (χ0) is 71.7. The second-order valence-electron chi connectivity index (χ2n) is 29.8. The van der Waals surface area contributed by atoms with E-state index in [9.17, 15) is 43.2 Å². The van der Waals surface area contributed by atoms with Gasteiger partial charge in [0.05, 0.1) is 26.4 Å². The van der Waals surface area contributed by atoms with Crippen molar-refractivity contribution < 1.29 is 80.2 Å². The van der Waals surface area contributed by atoms with E-state index in [1.54, 1.807) is 0 Å². The average Bonchev–Trinajstić information content (AvgIpc) is 1.39. The van der Waals surface area contributed by atoms with Gasteiger partial charge in [-0.3, -0.25) is 37.3 Å². The van der Waals surface area contributed by atoms with Crippen LogP contribution in [0.15, 0.2) is 0 Å². The Morgan fingerprint density at radius 2 is 0.495 bits per heavy atom. The molecule has 0 bridgehead atoms. The summed E-state index contributed by atoms with van der Waals surface area (Å²) in [5, 5.41) is 10.6. The summed E-state index contributed by atoms with van der Waals surface area (Å²) in [4.78, 5) is 72.8. The fraction of sp³-hybridized carbons (Fsp3) is 0.949. The van der Waals surface area contributed by atoms with Crippen LogP contribution in [0.25, 0.3) is 0 Å². The van der Waals surface area contributed by atoms with Crippen molar-refractivity contribution >= 4 is 39.5 Å². The van der Waals surface area contributed by atoms with Crippen LogP contribution in [0.2, 0.25) is 0 Å². The van der Waals surface area contributed by atoms with E-state index in [4.69, 9.17) is 37.0 Å². The molecule has 6 atom stereocenters. The number of phosphoric acid groups is 2. The first kappa shape index (κ1) is 95.1. The lowest BCUT2D eigenvalue weighted by atomic mass is 10.00. The highest BCUT2D eigenvalue weighted by atomic mass is 31.2. The van der Waals surface area contributed by atoms with Crippen molar-refractivity contribution in [3.63, 3.8) is 0 Å². The minimum atomic E-state index is -4.96. The van der Waals surface area contributed by atoms with Gasteiger partial charge in [-0.1, -0.05) is 344 Å². The minimum Gasteiger partial charge on any atom is -0.462 e. The van der Waals surface area contributed by atoms with E-state index in [0.29, 0.717) is 31.6 Å². The highest BCUT2D eigenvalue weighted by molar-refractivity contribution is 7.47. The normalized spacial score (nSPS) is 14.4. The average molecular weight is 1420 g/mol. The number of unbranched alkanes of at least 4 members (excludes halogenated alkanes) is 40. The van der Waals surface area contributed by atoms with Crippen molar-refractivity contribution in [2.45, 2.75) is 414 Å². The number of ether oxygens (including phenoxy) is 4. The number of aliphatic hydroxyl groups excluding tert-OH is 1. The van der Waals surface area contributed by atoms with Crippen molar-refractivity contribution in [2.24, 2.45) is 23.7 Å². The first-order valence-corrected chi connectivity index (χ1v) is 43.2. The second-order valence-corrected chi connectivity index (χ2v) is 32.7. The Morgan fingerprint density at radius 3 is 0.732 bits per heavy atom. The van der Waals surface area contributed by atoms with Gasteiger partial charge in [0.25, 0.3) is 0 Å². The number of aliphatic hydroxyl groups is 1. The maximum atomic E-state index is 13.1. The molecule has 0 saturated heterocycles. The maximum Gasteiger partial charge on any atom is 0.472 e. The Kier molecular flexibility index (Phi) is 65.9. The molecule has 0 aliphatic heterocycles. The molecular formula is C78H152O17P2. The van der Waals surface area contributed by atoms with Gasteiger partial charge in [-0.15, -0.1) is 0 Å². The predicted molar refractivity (Wildman–Crippen MR) is 395 cm³/mol. The molecule has 0 aromatic carbocycles. The monoisotopic (exact) mass is 1420 g/mol. The molecule has 0 aliphatic carbocycles. The van der Waals surface area contributed by atoms with Crippen LogP contribution < -0.4 is 0 Å². The van der Waals surface area contributed by atoms with E-state index in [1.807, 2.05) is 0 Å². The maximum absolute atomic E-state index is 13.1. The molecule has 0 aromatic rings. The summed E-state index contributed by atoms with van der Waals surface area (Å²) in [7, 11) is -9.91. The van der Waals surface area contributed by atoms with Crippen LogP contribution in [0.4, 0.5) is 0 Å². The van der Waals surface area contributed by atoms with Crippen molar-refractivity contribution in [1.29, 1.82) is 0 Å². The second kappa shape index (κ2) is 67.2. The van der Waals surface area contributed by atoms with Gasteiger partial charge in [-0.2, -0.15) is 0 Å². The number of esters is 4. The molecule has 0 aliphatic rings. The number of hydrogen-bond donors (Lipinski definition) is 3. The lowest BCUT2D eigenvalue weighted by Crippen LogP contribution is -2.30. The minimum absolute atomic E-state index is 0.103. The van der Waals surface area contributed by atoms with Crippen LogP contribution in [0, 0.1) is 23.7 Å². The van der Waals surface area contributed by atoms with Crippen LogP contribution in [0.5, 0.6) is 0 Å². The molecule has 3 N–H and O–H groups in total. The molecule has 0 radical (unpaired) electrons. The van der Waals surface area contributed by atoms with Crippen molar-refractivity contribution in [3.05, 3.63) is 0 Å². The zero-order valence-corrected chi connectivity index (χ0v) is 65.5. The van der Waals surface area contributed by atoms with E-state index in [2.05, 4.69) is 55.4 Å². The lowest BCUT2D eigenvalue weighted by molar-refractivity contribution is -0.161. The van der Waals surface area contributed by atoms with E-state index < -0.39 is 97.5 Å². The Bertz CT molecular complexity index is 1900. The topological polar surface area (TPSA) is 237 Å². The summed E-state index contributed by atoms with van der Waals surface area (Å²) in [6.07, 6.45) is 53.0. The van der Waals surface area contributed by atoms with Crippen LogP contribution in [0.1, 0.15) is 396 Å². The van der Waals surface area contributed by atoms with Gasteiger partial charge in [-0.05, 0) is 49.4 Å². The molecule has 97 heavy (non-hydrogen) atoms. The molecule has 0 fully saturated rings. The number of rotatable bonds is 75. The third kappa shape index (κ3) is 70.9. The number of carbonyl (C=O) groups is 4. The van der Waals surface area contributed by atoms with E-state index in [-0.39, 0.29) is 25.7 Å². The third-order valence-electron chi connectivity index (χ3n) is 18.4. The number of carbonyl (C=O) groups excluding carboxylic acids is 4. The summed E-state index contributed by atoms with van der Waals surface area (Å²) in [6.45, 7) is 14.2. The summed E-state index contributed by atoms with van der Waals surface area (Å²) < 4.78 is 68.5. The Morgan fingerprint density at radius 1 is 0.289 bits per heavy atom. The van der Waals surface area contributed by atoms with Gasteiger partial charge < -0.3 is 33.8 Å². The fourth-order valence-corrected chi connectivity index (χ4v) is 13.5. The van der Waals surface area contributed by atoms with Crippen LogP contribution >= 0.6 is 15.6 Å². The van der Waals surface area contributed by atoms with Gasteiger partial charge in [0.1, 0.15) is 19.3 Å². The summed E-state index contributed by atoms with van der Waals surface area (Å²) in [5.74, 6) is 0.918.